The maximum Gasteiger partial charge on any atom is 0.221 e. The zero-order valence-electron chi connectivity index (χ0n) is 7.21. The highest BCUT2D eigenvalue weighted by atomic mass is 16.1. The SMILES string of the molecule is N#CCCC(=O)NCc1cc[nH]c1. The highest BCUT2D eigenvalue weighted by molar-refractivity contribution is 5.76. The normalized spacial score (nSPS) is 9.15. The summed E-state index contributed by atoms with van der Waals surface area (Å²) in [5, 5.41) is 10.9. The van der Waals surface area contributed by atoms with E-state index in [-0.39, 0.29) is 18.7 Å². The maximum atomic E-state index is 11.0. The molecular formula is C9H11N3O. The summed E-state index contributed by atoms with van der Waals surface area (Å²) < 4.78 is 0. The van der Waals surface area contributed by atoms with Gasteiger partial charge in [-0.3, -0.25) is 4.79 Å². The predicted molar refractivity (Wildman–Crippen MR) is 47.5 cm³/mol. The number of nitrogens with one attached hydrogen (secondary N) is 2. The minimum atomic E-state index is -0.0808. The van der Waals surface area contributed by atoms with Gasteiger partial charge in [-0.25, -0.2) is 0 Å². The Kier molecular flexibility index (Phi) is 3.58. The van der Waals surface area contributed by atoms with E-state index in [2.05, 4.69) is 10.3 Å². The van der Waals surface area contributed by atoms with Crippen molar-refractivity contribution >= 4 is 5.91 Å². The van der Waals surface area contributed by atoms with Crippen LogP contribution in [0.25, 0.3) is 0 Å². The Hall–Kier alpha value is -1.76. The highest BCUT2D eigenvalue weighted by Crippen LogP contribution is 1.95. The molecule has 0 aliphatic carbocycles. The Labute approximate surface area is 76.6 Å². The van der Waals surface area contributed by atoms with Gasteiger partial charge in [0.05, 0.1) is 6.07 Å². The summed E-state index contributed by atoms with van der Waals surface area (Å²) in [5.74, 6) is -0.0808. The average Bonchev–Trinajstić information content (AvgIpc) is 2.64. The first-order valence-corrected chi connectivity index (χ1v) is 4.08. The highest BCUT2D eigenvalue weighted by Gasteiger charge is 1.99. The van der Waals surface area contributed by atoms with Crippen LogP contribution in [0.15, 0.2) is 18.5 Å². The lowest BCUT2D eigenvalue weighted by Gasteiger charge is -2.00. The number of rotatable bonds is 4. The molecule has 0 aliphatic heterocycles. The first-order valence-electron chi connectivity index (χ1n) is 4.08. The third-order valence-corrected chi connectivity index (χ3v) is 1.62. The number of amides is 1. The summed E-state index contributed by atoms with van der Waals surface area (Å²) in [5.41, 5.74) is 1.03. The fourth-order valence-electron chi connectivity index (χ4n) is 0.927. The van der Waals surface area contributed by atoms with Crippen molar-refractivity contribution in [3.8, 4) is 6.07 Å². The van der Waals surface area contributed by atoms with Crippen LogP contribution in [0.2, 0.25) is 0 Å². The van der Waals surface area contributed by atoms with Gasteiger partial charge in [-0.15, -0.1) is 0 Å². The molecule has 1 rings (SSSR count). The lowest BCUT2D eigenvalue weighted by atomic mass is 10.3. The first kappa shape index (κ1) is 9.33. The molecular weight excluding hydrogens is 166 g/mol. The topological polar surface area (TPSA) is 68.7 Å². The van der Waals surface area contributed by atoms with E-state index in [1.807, 2.05) is 18.3 Å². The Morgan fingerprint density at radius 1 is 1.69 bits per heavy atom. The number of H-pyrrole nitrogens is 1. The molecule has 0 spiro atoms. The van der Waals surface area contributed by atoms with Gasteiger partial charge in [0.15, 0.2) is 0 Å². The molecule has 0 unspecified atom stereocenters. The number of nitriles is 1. The Bertz CT molecular complexity index is 297. The van der Waals surface area contributed by atoms with Crippen LogP contribution in [0.3, 0.4) is 0 Å². The fraction of sp³-hybridized carbons (Fsp3) is 0.333. The van der Waals surface area contributed by atoms with Crippen LogP contribution in [0.4, 0.5) is 0 Å². The number of carbonyl (C=O) groups excluding carboxylic acids is 1. The first-order chi connectivity index (χ1) is 6.33. The average molecular weight is 177 g/mol. The van der Waals surface area contributed by atoms with Gasteiger partial charge in [0.1, 0.15) is 0 Å². The molecule has 0 radical (unpaired) electrons. The van der Waals surface area contributed by atoms with Crippen LogP contribution in [0.1, 0.15) is 18.4 Å². The van der Waals surface area contributed by atoms with Crippen molar-refractivity contribution in [2.45, 2.75) is 19.4 Å². The van der Waals surface area contributed by atoms with Crippen LogP contribution in [0.5, 0.6) is 0 Å². The van der Waals surface area contributed by atoms with Gasteiger partial charge in [-0.1, -0.05) is 0 Å². The number of aromatic amines is 1. The molecule has 68 valence electrons. The van der Waals surface area contributed by atoms with Gasteiger partial charge in [0, 0.05) is 31.8 Å². The Balaban J connectivity index is 2.20. The second kappa shape index (κ2) is 4.99. The molecule has 4 nitrogen and oxygen atoms in total. The van der Waals surface area contributed by atoms with Gasteiger partial charge in [-0.05, 0) is 11.6 Å². The summed E-state index contributed by atoms with van der Waals surface area (Å²) in [6.45, 7) is 0.522. The lowest BCUT2D eigenvalue weighted by Crippen LogP contribution is -2.21. The lowest BCUT2D eigenvalue weighted by molar-refractivity contribution is -0.121. The molecule has 0 fully saturated rings. The van der Waals surface area contributed by atoms with E-state index in [1.54, 1.807) is 6.20 Å². The molecule has 0 bridgehead atoms. The zero-order chi connectivity index (χ0) is 9.52. The van der Waals surface area contributed by atoms with E-state index in [4.69, 9.17) is 5.26 Å². The summed E-state index contributed by atoms with van der Waals surface area (Å²) in [6.07, 6.45) is 4.18. The molecule has 1 aromatic rings. The minimum absolute atomic E-state index is 0.0808. The maximum absolute atomic E-state index is 11.0. The molecule has 0 saturated carbocycles. The summed E-state index contributed by atoms with van der Waals surface area (Å²) >= 11 is 0. The van der Waals surface area contributed by atoms with Crippen LogP contribution >= 0.6 is 0 Å². The zero-order valence-corrected chi connectivity index (χ0v) is 7.21. The van der Waals surface area contributed by atoms with Crippen LogP contribution in [-0.2, 0) is 11.3 Å². The van der Waals surface area contributed by atoms with Gasteiger partial charge < -0.3 is 10.3 Å². The number of hydrogen-bond donors (Lipinski definition) is 2. The quantitative estimate of drug-likeness (QED) is 0.718. The molecule has 13 heavy (non-hydrogen) atoms. The minimum Gasteiger partial charge on any atom is -0.367 e. The van der Waals surface area contributed by atoms with Crippen molar-refractivity contribution in [2.24, 2.45) is 0 Å². The number of hydrogen-bond acceptors (Lipinski definition) is 2. The molecule has 1 amide bonds. The third-order valence-electron chi connectivity index (χ3n) is 1.62. The fourth-order valence-corrected chi connectivity index (χ4v) is 0.927. The largest absolute Gasteiger partial charge is 0.367 e. The van der Waals surface area contributed by atoms with Gasteiger partial charge >= 0.3 is 0 Å². The standard InChI is InChI=1S/C9H11N3O/c10-4-1-2-9(13)12-7-8-3-5-11-6-8/h3,5-6,11H,1-2,7H2,(H,12,13). The Morgan fingerprint density at radius 2 is 2.54 bits per heavy atom. The molecule has 1 heterocycles. The summed E-state index contributed by atoms with van der Waals surface area (Å²) in [7, 11) is 0. The monoisotopic (exact) mass is 177 g/mol. The van der Waals surface area contributed by atoms with E-state index >= 15 is 0 Å². The second-order valence-electron chi connectivity index (χ2n) is 2.65. The molecule has 0 saturated heterocycles. The van der Waals surface area contributed by atoms with E-state index < -0.39 is 0 Å². The molecule has 0 aromatic carbocycles. The van der Waals surface area contributed by atoms with Gasteiger partial charge in [-0.2, -0.15) is 5.26 Å². The molecule has 0 atom stereocenters. The van der Waals surface area contributed by atoms with Crippen molar-refractivity contribution in [3.63, 3.8) is 0 Å². The number of carbonyl (C=O) groups is 1. The number of aromatic nitrogens is 1. The van der Waals surface area contributed by atoms with Gasteiger partial charge in [0.2, 0.25) is 5.91 Å². The van der Waals surface area contributed by atoms with Crippen LogP contribution in [-0.4, -0.2) is 10.9 Å². The van der Waals surface area contributed by atoms with Crippen molar-refractivity contribution in [3.05, 3.63) is 24.0 Å². The van der Waals surface area contributed by atoms with Crippen molar-refractivity contribution in [1.29, 1.82) is 5.26 Å². The van der Waals surface area contributed by atoms with Crippen LogP contribution < -0.4 is 5.32 Å². The molecule has 1 aromatic heterocycles. The molecule has 0 aliphatic rings. The van der Waals surface area contributed by atoms with E-state index in [9.17, 15) is 4.79 Å². The van der Waals surface area contributed by atoms with Crippen molar-refractivity contribution < 1.29 is 4.79 Å². The van der Waals surface area contributed by atoms with Crippen molar-refractivity contribution in [1.82, 2.24) is 10.3 Å². The molecule has 2 N–H and O–H groups in total. The van der Waals surface area contributed by atoms with Gasteiger partial charge in [0.25, 0.3) is 0 Å². The number of nitrogens with zero attached hydrogens (tertiary/aromatic N) is 1. The van der Waals surface area contributed by atoms with Crippen molar-refractivity contribution in [2.75, 3.05) is 0 Å². The summed E-state index contributed by atoms with van der Waals surface area (Å²) in [6, 6.07) is 3.82. The third kappa shape index (κ3) is 3.43. The van der Waals surface area contributed by atoms with E-state index in [0.29, 0.717) is 6.54 Å². The smallest absolute Gasteiger partial charge is 0.221 e. The Morgan fingerprint density at radius 3 is 3.15 bits per heavy atom. The summed E-state index contributed by atoms with van der Waals surface area (Å²) in [4.78, 5) is 13.9. The predicted octanol–water partition coefficient (Wildman–Crippen LogP) is 0.935. The van der Waals surface area contributed by atoms with Crippen LogP contribution in [0, 0.1) is 11.3 Å². The van der Waals surface area contributed by atoms with E-state index in [0.717, 1.165) is 5.56 Å². The second-order valence-corrected chi connectivity index (χ2v) is 2.65. The van der Waals surface area contributed by atoms with E-state index in [1.165, 1.54) is 0 Å². The molecule has 4 heteroatoms.